The van der Waals surface area contributed by atoms with Gasteiger partial charge in [-0.25, -0.2) is 0 Å². The molecule has 2 amide bonds. The molecule has 204 valence electrons. The molecule has 0 bridgehead atoms. The van der Waals surface area contributed by atoms with E-state index in [9.17, 15) is 22.8 Å². The van der Waals surface area contributed by atoms with Gasteiger partial charge in [-0.05, 0) is 34.9 Å². The minimum atomic E-state index is -4.47. The molecule has 1 aliphatic rings. The molecule has 3 aromatic rings. The fourth-order valence-corrected chi connectivity index (χ4v) is 4.66. The quantitative estimate of drug-likeness (QED) is 0.376. The number of alkyl halides is 3. The number of carbonyl (C=O) groups excluding carboxylic acids is 2. The Morgan fingerprint density at radius 1 is 0.872 bits per heavy atom. The standard InChI is InChI=1S/C31H32F3N3O2/c1-35(29(38)16-15-25-13-8-14-27(21-25)31(32,33)34)28(22-24-9-4-2-5-10-24)30(39)37-19-17-36(18-20-37)23-26-11-6-3-7-12-26/h2-16,21,28H,17-20,22-23H2,1H3/b16-15+/t28-/m0/s1. The number of amides is 2. The van der Waals surface area contributed by atoms with Crippen molar-refractivity contribution in [3.8, 4) is 0 Å². The maximum absolute atomic E-state index is 13.7. The predicted molar refractivity (Wildman–Crippen MR) is 145 cm³/mol. The number of rotatable bonds is 8. The summed E-state index contributed by atoms with van der Waals surface area (Å²) in [5.74, 6) is -0.592. The van der Waals surface area contributed by atoms with Crippen molar-refractivity contribution in [2.75, 3.05) is 33.2 Å². The van der Waals surface area contributed by atoms with Gasteiger partial charge in [0.25, 0.3) is 0 Å². The van der Waals surface area contributed by atoms with Crippen LogP contribution in [-0.2, 0) is 28.7 Å². The Kier molecular flexibility index (Phi) is 9.19. The van der Waals surface area contributed by atoms with E-state index in [2.05, 4.69) is 17.0 Å². The van der Waals surface area contributed by atoms with Gasteiger partial charge in [0.05, 0.1) is 5.56 Å². The number of hydrogen-bond donors (Lipinski definition) is 0. The molecular weight excluding hydrogens is 503 g/mol. The third-order valence-electron chi connectivity index (χ3n) is 6.94. The van der Waals surface area contributed by atoms with Gasteiger partial charge in [-0.3, -0.25) is 14.5 Å². The number of halogens is 3. The van der Waals surface area contributed by atoms with Gasteiger partial charge in [0, 0.05) is 52.3 Å². The summed E-state index contributed by atoms with van der Waals surface area (Å²) in [6, 6.07) is 23.7. The van der Waals surface area contributed by atoms with Crippen LogP contribution >= 0.6 is 0 Å². The molecule has 0 saturated carbocycles. The Morgan fingerprint density at radius 2 is 1.49 bits per heavy atom. The molecule has 1 aliphatic heterocycles. The second-order valence-corrected chi connectivity index (χ2v) is 9.70. The van der Waals surface area contributed by atoms with Gasteiger partial charge in [0.1, 0.15) is 6.04 Å². The molecule has 0 radical (unpaired) electrons. The number of hydrogen-bond acceptors (Lipinski definition) is 3. The zero-order chi connectivity index (χ0) is 27.8. The van der Waals surface area contributed by atoms with E-state index in [0.717, 1.165) is 37.3 Å². The van der Waals surface area contributed by atoms with Crippen molar-refractivity contribution in [1.29, 1.82) is 0 Å². The van der Waals surface area contributed by atoms with Crippen LogP contribution in [0.25, 0.3) is 6.08 Å². The molecule has 3 aromatic carbocycles. The molecule has 1 atom stereocenters. The fraction of sp³-hybridized carbons (Fsp3) is 0.290. The van der Waals surface area contributed by atoms with Gasteiger partial charge in [-0.15, -0.1) is 0 Å². The van der Waals surface area contributed by atoms with Crippen molar-refractivity contribution in [3.63, 3.8) is 0 Å². The average Bonchev–Trinajstić information content (AvgIpc) is 2.95. The van der Waals surface area contributed by atoms with Crippen LogP contribution in [0, 0.1) is 0 Å². The largest absolute Gasteiger partial charge is 0.416 e. The molecule has 0 spiro atoms. The van der Waals surface area contributed by atoms with E-state index in [0.29, 0.717) is 19.5 Å². The average molecular weight is 536 g/mol. The van der Waals surface area contributed by atoms with Crippen molar-refractivity contribution in [2.24, 2.45) is 0 Å². The van der Waals surface area contributed by atoms with Gasteiger partial charge in [-0.2, -0.15) is 13.2 Å². The number of nitrogens with zero attached hydrogens (tertiary/aromatic N) is 3. The van der Waals surface area contributed by atoms with Crippen LogP contribution in [0.3, 0.4) is 0 Å². The van der Waals surface area contributed by atoms with E-state index in [1.165, 1.54) is 34.7 Å². The van der Waals surface area contributed by atoms with Crippen molar-refractivity contribution >= 4 is 17.9 Å². The molecule has 0 unspecified atom stereocenters. The van der Waals surface area contributed by atoms with Crippen LogP contribution in [-0.4, -0.2) is 65.8 Å². The van der Waals surface area contributed by atoms with Crippen molar-refractivity contribution < 1.29 is 22.8 Å². The monoisotopic (exact) mass is 535 g/mol. The second-order valence-electron chi connectivity index (χ2n) is 9.70. The number of piperazine rings is 1. The number of likely N-dealkylation sites (N-methyl/N-ethyl adjacent to an activating group) is 1. The summed E-state index contributed by atoms with van der Waals surface area (Å²) in [6.07, 6.45) is -1.56. The maximum atomic E-state index is 13.7. The molecule has 0 aliphatic carbocycles. The molecule has 1 heterocycles. The van der Waals surface area contributed by atoms with Crippen LogP contribution in [0.5, 0.6) is 0 Å². The first-order chi connectivity index (χ1) is 18.7. The molecule has 0 N–H and O–H groups in total. The third kappa shape index (κ3) is 7.80. The summed E-state index contributed by atoms with van der Waals surface area (Å²) < 4.78 is 39.2. The first-order valence-corrected chi connectivity index (χ1v) is 12.9. The highest BCUT2D eigenvalue weighted by atomic mass is 19.4. The van der Waals surface area contributed by atoms with E-state index in [1.807, 2.05) is 48.5 Å². The summed E-state index contributed by atoms with van der Waals surface area (Å²) in [6.45, 7) is 3.38. The molecule has 1 fully saturated rings. The van der Waals surface area contributed by atoms with E-state index < -0.39 is 23.7 Å². The van der Waals surface area contributed by atoms with Gasteiger partial charge in [-0.1, -0.05) is 72.8 Å². The Morgan fingerprint density at radius 3 is 2.10 bits per heavy atom. The molecule has 5 nitrogen and oxygen atoms in total. The van der Waals surface area contributed by atoms with E-state index in [-0.39, 0.29) is 11.5 Å². The number of benzene rings is 3. The van der Waals surface area contributed by atoms with Gasteiger partial charge in [0.15, 0.2) is 0 Å². The zero-order valence-corrected chi connectivity index (χ0v) is 21.8. The first kappa shape index (κ1) is 28.1. The predicted octanol–water partition coefficient (Wildman–Crippen LogP) is 5.13. The van der Waals surface area contributed by atoms with Crippen LogP contribution in [0.15, 0.2) is 91.0 Å². The summed E-state index contributed by atoms with van der Waals surface area (Å²) in [5.41, 5.74) is 1.61. The lowest BCUT2D eigenvalue weighted by Crippen LogP contribution is -2.55. The Hall–Kier alpha value is -3.91. The smallest absolute Gasteiger partial charge is 0.338 e. The van der Waals surface area contributed by atoms with Crippen LogP contribution in [0.1, 0.15) is 22.3 Å². The highest BCUT2D eigenvalue weighted by Gasteiger charge is 2.32. The molecule has 0 aromatic heterocycles. The highest BCUT2D eigenvalue weighted by Crippen LogP contribution is 2.29. The van der Waals surface area contributed by atoms with Gasteiger partial charge in [0.2, 0.25) is 11.8 Å². The van der Waals surface area contributed by atoms with Crippen molar-refractivity contribution in [3.05, 3.63) is 113 Å². The van der Waals surface area contributed by atoms with Gasteiger partial charge < -0.3 is 9.80 Å². The van der Waals surface area contributed by atoms with E-state index in [1.54, 1.807) is 11.9 Å². The van der Waals surface area contributed by atoms with Gasteiger partial charge >= 0.3 is 6.18 Å². The van der Waals surface area contributed by atoms with E-state index in [4.69, 9.17) is 0 Å². The Labute approximate surface area is 227 Å². The lowest BCUT2D eigenvalue weighted by molar-refractivity contribution is -0.143. The third-order valence-corrected chi connectivity index (χ3v) is 6.94. The van der Waals surface area contributed by atoms with Crippen molar-refractivity contribution in [1.82, 2.24) is 14.7 Å². The summed E-state index contributed by atoms with van der Waals surface area (Å²) >= 11 is 0. The normalized spacial score (nSPS) is 15.3. The second kappa shape index (κ2) is 12.8. The van der Waals surface area contributed by atoms with Crippen LogP contribution in [0.2, 0.25) is 0 Å². The topological polar surface area (TPSA) is 43.9 Å². The lowest BCUT2D eigenvalue weighted by atomic mass is 10.0. The van der Waals surface area contributed by atoms with Crippen LogP contribution in [0.4, 0.5) is 13.2 Å². The lowest BCUT2D eigenvalue weighted by Gasteiger charge is -2.38. The summed E-state index contributed by atoms with van der Waals surface area (Å²) in [4.78, 5) is 32.3. The first-order valence-electron chi connectivity index (χ1n) is 12.9. The van der Waals surface area contributed by atoms with E-state index >= 15 is 0 Å². The SMILES string of the molecule is CN(C(=O)/C=C/c1cccc(C(F)(F)F)c1)[C@@H](Cc1ccccc1)C(=O)N1CCN(Cc2ccccc2)CC1. The molecular formula is C31H32F3N3O2. The molecule has 8 heteroatoms. The maximum Gasteiger partial charge on any atom is 0.416 e. The molecule has 4 rings (SSSR count). The number of carbonyl (C=O) groups is 2. The minimum Gasteiger partial charge on any atom is -0.338 e. The fourth-order valence-electron chi connectivity index (χ4n) is 4.66. The Bertz CT molecular complexity index is 1270. The minimum absolute atomic E-state index is 0.137. The van der Waals surface area contributed by atoms with Crippen LogP contribution < -0.4 is 0 Å². The summed E-state index contributed by atoms with van der Waals surface area (Å²) in [7, 11) is 1.57. The zero-order valence-electron chi connectivity index (χ0n) is 21.8. The molecule has 1 saturated heterocycles. The Balaban J connectivity index is 1.45. The van der Waals surface area contributed by atoms with Crippen molar-refractivity contribution in [2.45, 2.75) is 25.2 Å². The highest BCUT2D eigenvalue weighted by molar-refractivity contribution is 5.95. The molecule has 39 heavy (non-hydrogen) atoms. The summed E-state index contributed by atoms with van der Waals surface area (Å²) in [5, 5.41) is 0.